The third kappa shape index (κ3) is 2.22. The first-order valence-electron chi connectivity index (χ1n) is 5.69. The van der Waals surface area contributed by atoms with Gasteiger partial charge in [-0.3, -0.25) is 0 Å². The predicted octanol–water partition coefficient (Wildman–Crippen LogP) is 2.19. The fraction of sp³-hybridized carbons (Fsp3) is 0.538. The standard InChI is InChI=1S/C13H18FNO2/c1-8-6-9(7-13(15)4-5-13)10(14)12(17-3)11(8)16-2/h6H,4-5,7,15H2,1-3H3. The van der Waals surface area contributed by atoms with E-state index >= 15 is 0 Å². The van der Waals surface area contributed by atoms with Crippen LogP contribution in [0.3, 0.4) is 0 Å². The Morgan fingerprint density at radius 3 is 2.35 bits per heavy atom. The van der Waals surface area contributed by atoms with Crippen LogP contribution in [0.2, 0.25) is 0 Å². The molecule has 1 fully saturated rings. The molecule has 1 aliphatic carbocycles. The molecule has 2 rings (SSSR count). The van der Waals surface area contributed by atoms with Gasteiger partial charge in [-0.05, 0) is 43.4 Å². The van der Waals surface area contributed by atoms with Crippen LogP contribution >= 0.6 is 0 Å². The van der Waals surface area contributed by atoms with Crippen molar-refractivity contribution in [2.75, 3.05) is 14.2 Å². The number of hydrogen-bond donors (Lipinski definition) is 1. The van der Waals surface area contributed by atoms with Crippen LogP contribution in [0.4, 0.5) is 4.39 Å². The van der Waals surface area contributed by atoms with E-state index in [4.69, 9.17) is 15.2 Å². The molecule has 1 aliphatic rings. The van der Waals surface area contributed by atoms with Crippen molar-refractivity contribution >= 4 is 0 Å². The molecule has 0 aromatic heterocycles. The van der Waals surface area contributed by atoms with Crippen molar-refractivity contribution in [3.8, 4) is 11.5 Å². The van der Waals surface area contributed by atoms with E-state index in [9.17, 15) is 4.39 Å². The molecule has 0 atom stereocenters. The van der Waals surface area contributed by atoms with Crippen molar-refractivity contribution in [3.63, 3.8) is 0 Å². The lowest BCUT2D eigenvalue weighted by molar-refractivity contribution is 0.333. The van der Waals surface area contributed by atoms with E-state index in [-0.39, 0.29) is 17.1 Å². The van der Waals surface area contributed by atoms with E-state index in [1.807, 2.05) is 6.92 Å². The monoisotopic (exact) mass is 239 g/mol. The maximum Gasteiger partial charge on any atom is 0.197 e. The largest absolute Gasteiger partial charge is 0.492 e. The Labute approximate surface area is 101 Å². The summed E-state index contributed by atoms with van der Waals surface area (Å²) in [4.78, 5) is 0. The first-order valence-corrected chi connectivity index (χ1v) is 5.69. The third-order valence-corrected chi connectivity index (χ3v) is 3.28. The lowest BCUT2D eigenvalue weighted by atomic mass is 10.0. The van der Waals surface area contributed by atoms with Crippen LogP contribution in [0.15, 0.2) is 6.07 Å². The summed E-state index contributed by atoms with van der Waals surface area (Å²) >= 11 is 0. The zero-order valence-corrected chi connectivity index (χ0v) is 10.5. The van der Waals surface area contributed by atoms with E-state index in [2.05, 4.69) is 0 Å². The number of methoxy groups -OCH3 is 2. The average Bonchev–Trinajstić information content (AvgIpc) is 3.00. The van der Waals surface area contributed by atoms with Gasteiger partial charge in [0.15, 0.2) is 17.3 Å². The minimum absolute atomic E-state index is 0.173. The smallest absolute Gasteiger partial charge is 0.197 e. The summed E-state index contributed by atoms with van der Waals surface area (Å²) in [6, 6.07) is 1.80. The highest BCUT2D eigenvalue weighted by molar-refractivity contribution is 5.50. The Hall–Kier alpha value is -1.29. The van der Waals surface area contributed by atoms with E-state index in [0.29, 0.717) is 17.7 Å². The number of halogens is 1. The van der Waals surface area contributed by atoms with Gasteiger partial charge in [-0.15, -0.1) is 0 Å². The zero-order chi connectivity index (χ0) is 12.6. The van der Waals surface area contributed by atoms with Gasteiger partial charge in [-0.2, -0.15) is 0 Å². The molecule has 0 spiro atoms. The Balaban J connectivity index is 2.43. The summed E-state index contributed by atoms with van der Waals surface area (Å²) in [7, 11) is 2.95. The van der Waals surface area contributed by atoms with Crippen LogP contribution < -0.4 is 15.2 Å². The van der Waals surface area contributed by atoms with Gasteiger partial charge in [0.1, 0.15) is 0 Å². The third-order valence-electron chi connectivity index (χ3n) is 3.28. The SMILES string of the molecule is COc1c(C)cc(CC2(N)CC2)c(F)c1OC. The first-order chi connectivity index (χ1) is 8.00. The van der Waals surface area contributed by atoms with Gasteiger partial charge in [-0.25, -0.2) is 4.39 Å². The van der Waals surface area contributed by atoms with Crippen molar-refractivity contribution in [1.82, 2.24) is 0 Å². The number of ether oxygens (including phenoxy) is 2. The molecule has 3 nitrogen and oxygen atoms in total. The Bertz CT molecular complexity index is 442. The van der Waals surface area contributed by atoms with Crippen molar-refractivity contribution in [2.45, 2.75) is 31.7 Å². The highest BCUT2D eigenvalue weighted by atomic mass is 19.1. The first kappa shape index (κ1) is 12.2. The van der Waals surface area contributed by atoms with Gasteiger partial charge < -0.3 is 15.2 Å². The second kappa shape index (κ2) is 4.18. The predicted molar refractivity (Wildman–Crippen MR) is 64.1 cm³/mol. The van der Waals surface area contributed by atoms with Crippen LogP contribution in [-0.2, 0) is 6.42 Å². The molecule has 17 heavy (non-hydrogen) atoms. The van der Waals surface area contributed by atoms with Gasteiger partial charge in [0.25, 0.3) is 0 Å². The molecule has 0 aliphatic heterocycles. The number of aryl methyl sites for hydroxylation is 1. The summed E-state index contributed by atoms with van der Waals surface area (Å²) in [5, 5.41) is 0. The molecule has 1 aromatic carbocycles. The highest BCUT2D eigenvalue weighted by Gasteiger charge is 2.39. The Morgan fingerprint density at radius 2 is 1.88 bits per heavy atom. The van der Waals surface area contributed by atoms with E-state index in [1.54, 1.807) is 6.07 Å². The molecule has 0 saturated heterocycles. The number of rotatable bonds is 4. The minimum Gasteiger partial charge on any atom is -0.492 e. The molecule has 0 unspecified atom stereocenters. The molecule has 2 N–H and O–H groups in total. The molecule has 0 bridgehead atoms. The topological polar surface area (TPSA) is 44.5 Å². The van der Waals surface area contributed by atoms with Gasteiger partial charge in [0.05, 0.1) is 14.2 Å². The van der Waals surface area contributed by atoms with Crippen LogP contribution in [0.25, 0.3) is 0 Å². The molecule has 1 aromatic rings. The van der Waals surface area contributed by atoms with Crippen molar-refractivity contribution in [3.05, 3.63) is 23.0 Å². The van der Waals surface area contributed by atoms with Crippen LogP contribution in [0, 0.1) is 12.7 Å². The van der Waals surface area contributed by atoms with Gasteiger partial charge >= 0.3 is 0 Å². The van der Waals surface area contributed by atoms with Gasteiger partial charge in [0, 0.05) is 5.54 Å². The molecule has 1 saturated carbocycles. The van der Waals surface area contributed by atoms with E-state index < -0.39 is 0 Å². The Kier molecular flexibility index (Phi) is 3.00. The minimum atomic E-state index is -0.355. The molecule has 94 valence electrons. The average molecular weight is 239 g/mol. The Morgan fingerprint density at radius 1 is 1.29 bits per heavy atom. The van der Waals surface area contributed by atoms with Crippen LogP contribution in [-0.4, -0.2) is 19.8 Å². The maximum absolute atomic E-state index is 14.2. The van der Waals surface area contributed by atoms with E-state index in [0.717, 1.165) is 18.4 Å². The zero-order valence-electron chi connectivity index (χ0n) is 10.5. The molecular weight excluding hydrogens is 221 g/mol. The molecule has 4 heteroatoms. The fourth-order valence-corrected chi connectivity index (χ4v) is 2.10. The molecule has 0 heterocycles. The summed E-state index contributed by atoms with van der Waals surface area (Å²) in [6.45, 7) is 1.88. The second-order valence-corrected chi connectivity index (χ2v) is 4.77. The normalized spacial score (nSPS) is 16.8. The molecule has 0 amide bonds. The second-order valence-electron chi connectivity index (χ2n) is 4.77. The van der Waals surface area contributed by atoms with Gasteiger partial charge in [-0.1, -0.05) is 0 Å². The fourth-order valence-electron chi connectivity index (χ4n) is 2.10. The lowest BCUT2D eigenvalue weighted by Gasteiger charge is -2.16. The summed E-state index contributed by atoms with van der Waals surface area (Å²) in [5.74, 6) is 0.272. The molecular formula is C13H18FNO2. The highest BCUT2D eigenvalue weighted by Crippen LogP contribution is 2.40. The lowest BCUT2D eigenvalue weighted by Crippen LogP contribution is -2.25. The summed E-state index contributed by atoms with van der Waals surface area (Å²) in [6.07, 6.45) is 2.47. The number of benzene rings is 1. The van der Waals surface area contributed by atoms with E-state index in [1.165, 1.54) is 14.2 Å². The van der Waals surface area contributed by atoms with Crippen molar-refractivity contribution in [2.24, 2.45) is 5.73 Å². The number of hydrogen-bond acceptors (Lipinski definition) is 3. The molecule has 0 radical (unpaired) electrons. The van der Waals surface area contributed by atoms with Crippen molar-refractivity contribution < 1.29 is 13.9 Å². The van der Waals surface area contributed by atoms with Crippen LogP contribution in [0.1, 0.15) is 24.0 Å². The summed E-state index contributed by atoms with van der Waals surface area (Å²) < 4.78 is 24.4. The van der Waals surface area contributed by atoms with Crippen molar-refractivity contribution in [1.29, 1.82) is 0 Å². The summed E-state index contributed by atoms with van der Waals surface area (Å²) in [5.41, 5.74) is 7.28. The van der Waals surface area contributed by atoms with Crippen LogP contribution in [0.5, 0.6) is 11.5 Å². The van der Waals surface area contributed by atoms with Gasteiger partial charge in [0.2, 0.25) is 0 Å². The number of nitrogens with two attached hydrogens (primary N) is 1. The quantitative estimate of drug-likeness (QED) is 0.876. The maximum atomic E-state index is 14.2.